The molecule has 23 unspecified atom stereocenters. The Labute approximate surface area is 364 Å². The van der Waals surface area contributed by atoms with Gasteiger partial charge in [0.2, 0.25) is 0 Å². The zero-order chi connectivity index (χ0) is 45.3. The van der Waals surface area contributed by atoms with Gasteiger partial charge < -0.3 is 104 Å². The Hall–Kier alpha value is -1.33. The number of esters is 1. The summed E-state index contributed by atoms with van der Waals surface area (Å²) in [6.07, 6.45) is -24.7. The Bertz CT molecular complexity index is 1440. The summed E-state index contributed by atoms with van der Waals surface area (Å²) in [7, 11) is 0. The number of hydrogen-bond acceptors (Lipinski definition) is 21. The van der Waals surface area contributed by atoms with Crippen LogP contribution in [-0.4, -0.2) is 232 Å². The highest BCUT2D eigenvalue weighted by molar-refractivity contribution is 5.69. The molecule has 4 heterocycles. The molecule has 0 amide bonds. The van der Waals surface area contributed by atoms with Crippen molar-refractivity contribution < 1.29 is 109 Å². The van der Waals surface area contributed by atoms with E-state index in [4.69, 9.17) is 37.9 Å². The third-order valence-electron chi connectivity index (χ3n) is 14.3. The topological polar surface area (TPSA) is 357 Å². The number of rotatable bonds is 13. The van der Waals surface area contributed by atoms with Crippen LogP contribution >= 0.6 is 0 Å². The van der Waals surface area contributed by atoms with Crippen molar-refractivity contribution in [3.8, 4) is 0 Å². The SMILES string of the molecule is O=C(CCC1CCC(O)CC1)OCC1OC(OCC2OC(OC3CC4C(O)CC(O)CC4[OH+]C3C3CCC(O)C(O)C3)C(OC3OCC(O)C(O)C3O)C(O)C2O)C(O)C(O)C1O. The van der Waals surface area contributed by atoms with Crippen LogP contribution < -0.4 is 0 Å². The van der Waals surface area contributed by atoms with Crippen LogP contribution in [0.1, 0.15) is 77.0 Å². The maximum Gasteiger partial charge on any atom is 0.305 e. The summed E-state index contributed by atoms with van der Waals surface area (Å²) in [4.78, 5) is 12.6. The van der Waals surface area contributed by atoms with Crippen LogP contribution in [0.4, 0.5) is 0 Å². The van der Waals surface area contributed by atoms with Gasteiger partial charge in [-0.1, -0.05) is 0 Å². The number of carbonyl (C=O) groups excluding carboxylic acids is 1. The van der Waals surface area contributed by atoms with E-state index in [0.717, 1.165) is 12.8 Å². The fourth-order valence-corrected chi connectivity index (χ4v) is 10.4. The van der Waals surface area contributed by atoms with E-state index >= 15 is 0 Å². The molecule has 0 aromatic rings. The summed E-state index contributed by atoms with van der Waals surface area (Å²) < 4.78 is 46.1. The van der Waals surface area contributed by atoms with E-state index in [9.17, 15) is 71.2 Å². The van der Waals surface area contributed by atoms with E-state index in [0.29, 0.717) is 25.7 Å². The first kappa shape index (κ1) is 49.6. The van der Waals surface area contributed by atoms with Crippen molar-refractivity contribution in [2.45, 2.75) is 212 Å². The first-order valence-corrected chi connectivity index (χ1v) is 22.5. The largest absolute Gasteiger partial charge is 0.463 e. The van der Waals surface area contributed by atoms with Crippen LogP contribution in [0.25, 0.3) is 0 Å². The highest BCUT2D eigenvalue weighted by atomic mass is 16.8. The minimum atomic E-state index is -1.89. The van der Waals surface area contributed by atoms with Gasteiger partial charge in [-0.05, 0) is 63.7 Å². The number of aliphatic hydroxyl groups is 15. The molecule has 22 heteroatoms. The number of fused-ring (bicyclic) bond motifs is 1. The van der Waals surface area contributed by atoms with Crippen molar-refractivity contribution in [2.75, 3.05) is 19.8 Å². The molecule has 3 aliphatic carbocycles. The zero-order valence-electron chi connectivity index (χ0n) is 35.1. The molecule has 14 N–H and O–H groups in total. The highest BCUT2D eigenvalue weighted by Crippen LogP contribution is 2.43. The molecule has 0 aromatic carbocycles. The van der Waals surface area contributed by atoms with Gasteiger partial charge >= 0.3 is 5.97 Å². The second-order valence-electron chi connectivity index (χ2n) is 18.8. The summed E-state index contributed by atoms with van der Waals surface area (Å²) in [5, 5.41) is 139. The summed E-state index contributed by atoms with van der Waals surface area (Å²) >= 11 is 0. The van der Waals surface area contributed by atoms with Gasteiger partial charge in [-0.2, -0.15) is 0 Å². The quantitative estimate of drug-likeness (QED) is 0.0606. The van der Waals surface area contributed by atoms with Crippen LogP contribution in [0.3, 0.4) is 0 Å². The van der Waals surface area contributed by atoms with Gasteiger partial charge in [0.15, 0.2) is 31.1 Å². The summed E-state index contributed by atoms with van der Waals surface area (Å²) in [6.45, 7) is -1.60. The average molecular weight is 914 g/mol. The maximum absolute atomic E-state index is 12.6. The lowest BCUT2D eigenvalue weighted by Crippen LogP contribution is -2.65. The molecule has 0 bridgehead atoms. The van der Waals surface area contributed by atoms with E-state index < -0.39 is 160 Å². The van der Waals surface area contributed by atoms with Crippen LogP contribution in [0.15, 0.2) is 0 Å². The van der Waals surface area contributed by atoms with Crippen molar-refractivity contribution >= 4 is 5.97 Å². The predicted molar refractivity (Wildman–Crippen MR) is 207 cm³/mol. The summed E-state index contributed by atoms with van der Waals surface area (Å²) in [5.41, 5.74) is 0. The van der Waals surface area contributed by atoms with Crippen LogP contribution in [-0.2, 0) is 38.0 Å². The fraction of sp³-hybridized carbons (Fsp3) is 0.976. The van der Waals surface area contributed by atoms with Crippen molar-refractivity contribution in [1.29, 1.82) is 0 Å². The van der Waals surface area contributed by atoms with Crippen molar-refractivity contribution in [1.82, 2.24) is 0 Å². The van der Waals surface area contributed by atoms with E-state index in [1.54, 1.807) is 0 Å². The molecular weight excluding hydrogens is 844 g/mol. The first-order chi connectivity index (χ1) is 30.0. The van der Waals surface area contributed by atoms with Gasteiger partial charge in [-0.15, -0.1) is 0 Å². The zero-order valence-corrected chi connectivity index (χ0v) is 35.1. The minimum absolute atomic E-state index is 0.0859. The lowest BCUT2D eigenvalue weighted by molar-refractivity contribution is -0.385. The second-order valence-corrected chi connectivity index (χ2v) is 18.8. The standard InChI is InChI=1S/C41H68O22/c42-18-5-1-16(2-6-18)3-8-29(48)56-14-27-31(50)33(52)36(55)39(61-27)58-15-28-32(51)34(53)38(63-40-35(54)30(49)24(47)13-57-40)41(62-28)60-26-12-20-22(45)10-19(43)11-25(20)59-37(26)17-4-7-21(44)23(46)9-17/h16-28,30-47,49-55H,1-15H2/p+1. The molecule has 4 saturated heterocycles. The molecule has 364 valence electrons. The molecule has 3 saturated carbocycles. The van der Waals surface area contributed by atoms with Gasteiger partial charge in [0.05, 0.1) is 49.7 Å². The molecule has 0 radical (unpaired) electrons. The lowest BCUT2D eigenvalue weighted by atomic mass is 9.72. The summed E-state index contributed by atoms with van der Waals surface area (Å²) in [5.74, 6) is -1.12. The molecule has 7 rings (SSSR count). The Balaban J connectivity index is 1.05. The minimum Gasteiger partial charge on any atom is -0.463 e. The van der Waals surface area contributed by atoms with Crippen molar-refractivity contribution in [2.24, 2.45) is 17.8 Å². The van der Waals surface area contributed by atoms with Gasteiger partial charge in [-0.25, -0.2) is 0 Å². The molecule has 0 aromatic heterocycles. The van der Waals surface area contributed by atoms with E-state index in [2.05, 4.69) is 0 Å². The third-order valence-corrected chi connectivity index (χ3v) is 14.3. The Morgan fingerprint density at radius 1 is 0.571 bits per heavy atom. The third kappa shape index (κ3) is 11.7. The molecule has 4 aliphatic heterocycles. The van der Waals surface area contributed by atoms with Gasteiger partial charge in [0, 0.05) is 25.2 Å². The monoisotopic (exact) mass is 913 g/mol. The number of hydrogen-bond donors (Lipinski definition) is 13. The maximum atomic E-state index is 12.6. The number of carbonyl (C=O) groups is 1. The Morgan fingerprint density at radius 3 is 1.98 bits per heavy atom. The van der Waals surface area contributed by atoms with E-state index in [1.807, 2.05) is 0 Å². The smallest absolute Gasteiger partial charge is 0.305 e. The van der Waals surface area contributed by atoms with Crippen LogP contribution in [0, 0.1) is 17.8 Å². The van der Waals surface area contributed by atoms with Crippen LogP contribution in [0.2, 0.25) is 0 Å². The highest BCUT2D eigenvalue weighted by Gasteiger charge is 2.56. The molecule has 7 aliphatic rings. The van der Waals surface area contributed by atoms with E-state index in [1.165, 1.54) is 0 Å². The van der Waals surface area contributed by atoms with Gasteiger partial charge in [0.25, 0.3) is 0 Å². The molecule has 0 spiro atoms. The van der Waals surface area contributed by atoms with Gasteiger partial charge in [-0.3, -0.25) is 4.79 Å². The first-order valence-electron chi connectivity index (χ1n) is 22.5. The van der Waals surface area contributed by atoms with Gasteiger partial charge in [0.1, 0.15) is 79.9 Å². The molecule has 63 heavy (non-hydrogen) atoms. The number of aliphatic hydroxyl groups excluding tert-OH is 13. The predicted octanol–water partition coefficient (Wildman–Crippen LogP) is -5.34. The second kappa shape index (κ2) is 21.7. The van der Waals surface area contributed by atoms with Crippen molar-refractivity contribution in [3.05, 3.63) is 0 Å². The fourth-order valence-electron chi connectivity index (χ4n) is 10.4. The normalized spacial score (nSPS) is 51.0. The Kier molecular flexibility index (Phi) is 17.1. The van der Waals surface area contributed by atoms with Crippen molar-refractivity contribution in [3.63, 3.8) is 0 Å². The Morgan fingerprint density at radius 2 is 1.25 bits per heavy atom. The van der Waals surface area contributed by atoms with Crippen LogP contribution in [0.5, 0.6) is 0 Å². The summed E-state index contributed by atoms with van der Waals surface area (Å²) in [6, 6.07) is 0. The molecule has 22 nitrogen and oxygen atoms in total. The molecular formula is C41H69O22+. The van der Waals surface area contributed by atoms with E-state index in [-0.39, 0.29) is 56.5 Å². The average Bonchev–Trinajstić information content (AvgIpc) is 3.25. The lowest BCUT2D eigenvalue weighted by Gasteiger charge is -2.49. The molecule has 7 fully saturated rings. The number of ether oxygens (including phenoxy) is 8. The molecule has 23 atom stereocenters.